The number of amides is 2. The molecule has 6 nitrogen and oxygen atoms in total. The Morgan fingerprint density at radius 1 is 1.30 bits per heavy atom. The summed E-state index contributed by atoms with van der Waals surface area (Å²) in [5.41, 5.74) is 1.95. The van der Waals surface area contributed by atoms with Crippen LogP contribution < -0.4 is 5.32 Å². The van der Waals surface area contributed by atoms with Crippen LogP contribution in [0.3, 0.4) is 0 Å². The smallest absolute Gasteiger partial charge is 0.322 e. The molecule has 202 valence electrons. The minimum absolute atomic E-state index is 0.0510. The van der Waals surface area contributed by atoms with Crippen molar-refractivity contribution in [2.75, 3.05) is 13.7 Å². The van der Waals surface area contributed by atoms with Gasteiger partial charge < -0.3 is 14.8 Å². The van der Waals surface area contributed by atoms with Gasteiger partial charge >= 0.3 is 12.0 Å². The van der Waals surface area contributed by atoms with E-state index in [1.807, 2.05) is 11.0 Å². The Balaban J connectivity index is 1.51. The molecule has 1 aromatic carbocycles. The fourth-order valence-electron chi connectivity index (χ4n) is 6.83. The largest absolute Gasteiger partial charge is 0.469 e. The van der Waals surface area contributed by atoms with Crippen LogP contribution in [0.25, 0.3) is 0 Å². The van der Waals surface area contributed by atoms with E-state index in [2.05, 4.69) is 65.2 Å². The van der Waals surface area contributed by atoms with E-state index in [0.29, 0.717) is 13.0 Å². The van der Waals surface area contributed by atoms with Crippen molar-refractivity contribution in [3.63, 3.8) is 0 Å². The molecule has 0 bridgehead atoms. The lowest BCUT2D eigenvalue weighted by Gasteiger charge is -2.67. The van der Waals surface area contributed by atoms with Gasteiger partial charge in [0.15, 0.2) is 0 Å². The predicted octanol–water partition coefficient (Wildman–Crippen LogP) is 6.21. The van der Waals surface area contributed by atoms with Crippen LogP contribution in [0.4, 0.5) is 4.79 Å². The van der Waals surface area contributed by atoms with E-state index in [4.69, 9.17) is 21.1 Å². The molecule has 7 heteroatoms. The van der Waals surface area contributed by atoms with Crippen LogP contribution in [0.1, 0.15) is 78.4 Å². The molecule has 0 aromatic heterocycles. The van der Waals surface area contributed by atoms with Gasteiger partial charge in [0.1, 0.15) is 5.54 Å². The number of hydrogen-bond donors (Lipinski definition) is 1. The van der Waals surface area contributed by atoms with Crippen LogP contribution in [-0.4, -0.2) is 41.8 Å². The van der Waals surface area contributed by atoms with Gasteiger partial charge in [-0.2, -0.15) is 0 Å². The predicted molar refractivity (Wildman–Crippen MR) is 144 cm³/mol. The number of hydrogen-bond acceptors (Lipinski definition) is 4. The monoisotopic (exact) mass is 528 g/mol. The molecule has 1 N–H and O–H groups in total. The number of benzene rings is 1. The molecule has 1 saturated heterocycles. The molecule has 5 rings (SSSR count). The molecule has 37 heavy (non-hydrogen) atoms. The number of urea groups is 1. The summed E-state index contributed by atoms with van der Waals surface area (Å²) in [5, 5.41) is 4.10. The maximum Gasteiger partial charge on any atom is 0.322 e. The number of nitrogens with one attached hydrogen (secondary N) is 1. The number of ether oxygens (including phenoxy) is 2. The van der Waals surface area contributed by atoms with E-state index in [-0.39, 0.29) is 46.3 Å². The summed E-state index contributed by atoms with van der Waals surface area (Å²) in [6.45, 7) is 13.4. The molecule has 2 saturated carbocycles. The third-order valence-electron chi connectivity index (χ3n) is 9.78. The molecule has 0 spiro atoms. The first-order chi connectivity index (χ1) is 17.2. The first-order valence-electron chi connectivity index (χ1n) is 13.6. The van der Waals surface area contributed by atoms with Crippen molar-refractivity contribution >= 4 is 23.6 Å². The van der Waals surface area contributed by atoms with Crippen molar-refractivity contribution < 1.29 is 19.1 Å². The number of rotatable bonds is 5. The zero-order valence-electron chi connectivity index (χ0n) is 23.2. The fourth-order valence-corrected chi connectivity index (χ4v) is 7.10. The Morgan fingerprint density at radius 2 is 2.03 bits per heavy atom. The van der Waals surface area contributed by atoms with Gasteiger partial charge in [-0.05, 0) is 80.1 Å². The lowest BCUT2D eigenvalue weighted by atomic mass is 9.46. The van der Waals surface area contributed by atoms with Crippen molar-refractivity contribution in [2.24, 2.45) is 23.2 Å². The van der Waals surface area contributed by atoms with E-state index in [0.717, 1.165) is 47.4 Å². The highest BCUT2D eigenvalue weighted by atomic mass is 35.5. The van der Waals surface area contributed by atoms with Crippen LogP contribution in [0, 0.1) is 23.2 Å². The summed E-state index contributed by atoms with van der Waals surface area (Å²) in [6, 6.07) is 6.08. The van der Waals surface area contributed by atoms with Crippen molar-refractivity contribution in [2.45, 2.75) is 90.3 Å². The number of methoxy groups -OCH3 is 1. The molecule has 3 fully saturated rings. The highest BCUT2D eigenvalue weighted by Gasteiger charge is 2.67. The van der Waals surface area contributed by atoms with Gasteiger partial charge in [0.05, 0.1) is 30.8 Å². The maximum atomic E-state index is 13.8. The summed E-state index contributed by atoms with van der Waals surface area (Å²) in [4.78, 5) is 28.0. The van der Waals surface area contributed by atoms with Gasteiger partial charge in [0.2, 0.25) is 0 Å². The van der Waals surface area contributed by atoms with E-state index in [1.165, 1.54) is 7.11 Å². The standard InChI is InChI=1S/C30H41ClN2O4/c1-18-23-16-33(29-13-11-22(29)21(15-29)25(34)36-7)26(35)32-30(23,17-37-28(18,5)6)20-9-8-19(24(31)14-20)10-12-27(2,3)4/h8-9,14,16,18,21-22H,10-13,15,17H2,1-7H3,(H,32,35)/t18?,21?,22?,29?,30-/m0/s1. The lowest BCUT2D eigenvalue weighted by molar-refractivity contribution is -0.180. The number of carbonyl (C=O) groups is 2. The van der Waals surface area contributed by atoms with Crippen LogP contribution in [-0.2, 0) is 26.2 Å². The van der Waals surface area contributed by atoms with Crippen molar-refractivity contribution in [3.05, 3.63) is 46.1 Å². The van der Waals surface area contributed by atoms with Gasteiger partial charge in [-0.25, -0.2) is 4.79 Å². The number of aryl methyl sites for hydroxylation is 1. The molecule has 4 aliphatic rings. The summed E-state index contributed by atoms with van der Waals surface area (Å²) in [7, 11) is 1.44. The number of esters is 1. The van der Waals surface area contributed by atoms with Gasteiger partial charge in [0.25, 0.3) is 0 Å². The molecule has 0 radical (unpaired) electrons. The number of carbonyl (C=O) groups excluding carboxylic acids is 2. The molecule has 1 aromatic rings. The zero-order valence-corrected chi connectivity index (χ0v) is 24.0. The first kappa shape index (κ1) is 26.6. The SMILES string of the molecule is COC(=O)C1CC2(N3C=C4C(C)C(C)(C)OC[C@@]4(c4ccc(CCC(C)(C)C)c(Cl)c4)NC3=O)CCC12. The van der Waals surface area contributed by atoms with Gasteiger partial charge in [0, 0.05) is 17.1 Å². The molecule has 2 aliphatic carbocycles. The molecule has 2 heterocycles. The Kier molecular flexibility index (Phi) is 6.27. The molecule has 5 atom stereocenters. The van der Waals surface area contributed by atoms with Gasteiger partial charge in [-0.15, -0.1) is 0 Å². The minimum Gasteiger partial charge on any atom is -0.469 e. The second-order valence-corrected chi connectivity index (χ2v) is 13.8. The number of nitrogens with zero attached hydrogens (tertiary/aromatic N) is 1. The molecule has 2 aliphatic heterocycles. The summed E-state index contributed by atoms with van der Waals surface area (Å²) >= 11 is 6.83. The Labute approximate surface area is 226 Å². The topological polar surface area (TPSA) is 67.9 Å². The average molecular weight is 529 g/mol. The normalized spacial score (nSPS) is 34.3. The third kappa shape index (κ3) is 4.10. The van der Waals surface area contributed by atoms with Gasteiger partial charge in [-0.3, -0.25) is 9.69 Å². The molecule has 4 unspecified atom stereocenters. The molecule has 2 amide bonds. The van der Waals surface area contributed by atoms with Crippen LogP contribution >= 0.6 is 11.6 Å². The highest BCUT2D eigenvalue weighted by Crippen LogP contribution is 2.62. The Hall–Kier alpha value is -2.05. The summed E-state index contributed by atoms with van der Waals surface area (Å²) < 4.78 is 11.4. The quantitative estimate of drug-likeness (QED) is 0.461. The second kappa shape index (κ2) is 8.74. The van der Waals surface area contributed by atoms with E-state index < -0.39 is 5.54 Å². The van der Waals surface area contributed by atoms with Crippen molar-refractivity contribution in [1.82, 2.24) is 10.2 Å². The van der Waals surface area contributed by atoms with E-state index >= 15 is 0 Å². The molecular formula is C30H41ClN2O4. The summed E-state index contributed by atoms with van der Waals surface area (Å²) in [6.07, 6.45) is 6.51. The Bertz CT molecular complexity index is 1150. The average Bonchev–Trinajstić information content (AvgIpc) is 2.82. The first-order valence-corrected chi connectivity index (χ1v) is 14.0. The van der Waals surface area contributed by atoms with Crippen molar-refractivity contribution in [3.8, 4) is 0 Å². The van der Waals surface area contributed by atoms with Gasteiger partial charge in [-0.1, -0.05) is 51.4 Å². The van der Waals surface area contributed by atoms with Crippen molar-refractivity contribution in [1.29, 1.82) is 0 Å². The zero-order chi connectivity index (χ0) is 27.0. The lowest BCUT2D eigenvalue weighted by Crippen LogP contribution is -2.75. The molecular weight excluding hydrogens is 488 g/mol. The van der Waals surface area contributed by atoms with Crippen LogP contribution in [0.15, 0.2) is 30.0 Å². The second-order valence-electron chi connectivity index (χ2n) is 13.4. The van der Waals surface area contributed by atoms with E-state index in [1.54, 1.807) is 0 Å². The van der Waals surface area contributed by atoms with Crippen LogP contribution in [0.5, 0.6) is 0 Å². The van der Waals surface area contributed by atoms with Crippen LogP contribution in [0.2, 0.25) is 5.02 Å². The Morgan fingerprint density at radius 3 is 2.59 bits per heavy atom. The number of fused-ring (bicyclic) bond motifs is 2. The fraction of sp³-hybridized carbons (Fsp3) is 0.667. The minimum atomic E-state index is -0.782. The summed E-state index contributed by atoms with van der Waals surface area (Å²) in [5.74, 6) is -0.0917. The highest BCUT2D eigenvalue weighted by molar-refractivity contribution is 6.31. The number of halogens is 1. The van der Waals surface area contributed by atoms with E-state index in [9.17, 15) is 9.59 Å². The maximum absolute atomic E-state index is 13.8. The third-order valence-corrected chi connectivity index (χ3v) is 10.1.